The molecular weight excluding hydrogens is 396 g/mol. The molecule has 31 heavy (non-hydrogen) atoms. The smallest absolute Gasteiger partial charge is 0.252 e. The van der Waals surface area contributed by atoms with Crippen molar-refractivity contribution in [1.29, 1.82) is 0 Å². The maximum atomic E-state index is 12.5. The summed E-state index contributed by atoms with van der Waals surface area (Å²) in [6.45, 7) is 2.55. The molecule has 2 amide bonds. The molecule has 0 spiro atoms. The predicted octanol–water partition coefficient (Wildman–Crippen LogP) is 2.32. The second kappa shape index (κ2) is 9.26. The minimum atomic E-state index is -0.794. The minimum absolute atomic E-state index is 0.193. The van der Waals surface area contributed by atoms with E-state index in [0.29, 0.717) is 38.0 Å². The monoisotopic (exact) mass is 428 g/mol. The summed E-state index contributed by atoms with van der Waals surface area (Å²) in [5.41, 5.74) is 1.73. The van der Waals surface area contributed by atoms with Crippen LogP contribution in [0.4, 0.5) is 5.69 Å². The fraction of sp³-hybridized carbons (Fsp3) is 0.609. The van der Waals surface area contributed by atoms with E-state index < -0.39 is 12.1 Å². The van der Waals surface area contributed by atoms with Gasteiger partial charge in [-0.25, -0.2) is 4.99 Å². The number of guanidine groups is 1. The number of rotatable bonds is 7. The van der Waals surface area contributed by atoms with Crippen LogP contribution in [0.5, 0.6) is 5.75 Å². The predicted molar refractivity (Wildman–Crippen MR) is 117 cm³/mol. The fourth-order valence-corrected chi connectivity index (χ4v) is 4.72. The van der Waals surface area contributed by atoms with Crippen LogP contribution in [0.1, 0.15) is 57.4 Å². The van der Waals surface area contributed by atoms with Gasteiger partial charge in [0.25, 0.3) is 5.91 Å². The van der Waals surface area contributed by atoms with Gasteiger partial charge in [0, 0.05) is 31.6 Å². The lowest BCUT2D eigenvalue weighted by atomic mass is 9.94. The van der Waals surface area contributed by atoms with Crippen molar-refractivity contribution < 1.29 is 19.4 Å². The summed E-state index contributed by atoms with van der Waals surface area (Å²) >= 11 is 0. The summed E-state index contributed by atoms with van der Waals surface area (Å²) < 4.78 is 5.88. The highest BCUT2D eigenvalue weighted by atomic mass is 16.5. The molecule has 2 aliphatic heterocycles. The standard InChI is InChI=1S/C23H32N4O4/c1-15(28)21-22(30)25-23-24-19-11-10-18(13-16(19)14-27(21)23)31-12-6-9-20(29)26(2)17-7-4-3-5-8-17/h10-11,13,15,17,21,28H,3-9,12,14H2,1-2H3,(H,24,25,30)/t15?,21-/m1/s1. The van der Waals surface area contributed by atoms with Crippen LogP contribution < -0.4 is 10.1 Å². The van der Waals surface area contributed by atoms with E-state index in [1.165, 1.54) is 19.3 Å². The molecule has 3 aliphatic rings. The van der Waals surface area contributed by atoms with Crippen LogP contribution in [0.2, 0.25) is 0 Å². The van der Waals surface area contributed by atoms with Gasteiger partial charge in [-0.1, -0.05) is 19.3 Å². The molecule has 2 heterocycles. The first-order chi connectivity index (χ1) is 14.9. The van der Waals surface area contributed by atoms with Crippen LogP contribution >= 0.6 is 0 Å². The van der Waals surface area contributed by atoms with Gasteiger partial charge < -0.3 is 19.6 Å². The summed E-state index contributed by atoms with van der Waals surface area (Å²) in [5, 5.41) is 12.7. The Morgan fingerprint density at radius 3 is 2.87 bits per heavy atom. The third kappa shape index (κ3) is 4.69. The Morgan fingerprint density at radius 1 is 1.35 bits per heavy atom. The average Bonchev–Trinajstić information content (AvgIpc) is 3.09. The van der Waals surface area contributed by atoms with Crippen LogP contribution in [-0.2, 0) is 16.1 Å². The van der Waals surface area contributed by atoms with Gasteiger partial charge in [0.2, 0.25) is 11.9 Å². The van der Waals surface area contributed by atoms with Crippen molar-refractivity contribution >= 4 is 23.5 Å². The van der Waals surface area contributed by atoms with Gasteiger partial charge in [-0.3, -0.25) is 14.9 Å². The molecule has 0 aromatic heterocycles. The maximum absolute atomic E-state index is 12.5. The van der Waals surface area contributed by atoms with Gasteiger partial charge >= 0.3 is 0 Å². The molecule has 2 fully saturated rings. The van der Waals surface area contributed by atoms with E-state index in [1.807, 2.05) is 30.1 Å². The number of amides is 2. The first-order valence-electron chi connectivity index (χ1n) is 11.3. The lowest BCUT2D eigenvalue weighted by Gasteiger charge is -2.31. The molecule has 8 nitrogen and oxygen atoms in total. The number of fused-ring (bicyclic) bond motifs is 2. The molecule has 8 heteroatoms. The van der Waals surface area contributed by atoms with Crippen molar-refractivity contribution in [3.05, 3.63) is 23.8 Å². The molecule has 2 N–H and O–H groups in total. The van der Waals surface area contributed by atoms with Crippen LogP contribution in [-0.4, -0.2) is 64.5 Å². The normalized spacial score (nSPS) is 21.6. The highest BCUT2D eigenvalue weighted by Gasteiger charge is 2.41. The van der Waals surface area contributed by atoms with Crippen LogP contribution in [0.25, 0.3) is 0 Å². The number of hydrogen-bond donors (Lipinski definition) is 2. The number of benzene rings is 1. The summed E-state index contributed by atoms with van der Waals surface area (Å²) in [6.07, 6.45) is 6.32. The zero-order valence-electron chi connectivity index (χ0n) is 18.3. The molecule has 1 saturated carbocycles. The topological polar surface area (TPSA) is 94.5 Å². The van der Waals surface area contributed by atoms with Crippen molar-refractivity contribution in [3.8, 4) is 5.75 Å². The fourth-order valence-electron chi connectivity index (χ4n) is 4.72. The van der Waals surface area contributed by atoms with E-state index in [0.717, 1.165) is 29.8 Å². The van der Waals surface area contributed by atoms with E-state index in [1.54, 1.807) is 11.8 Å². The lowest BCUT2D eigenvalue weighted by Crippen LogP contribution is -2.43. The molecule has 1 saturated heterocycles. The van der Waals surface area contributed by atoms with Crippen LogP contribution in [0, 0.1) is 0 Å². The Labute approximate surface area is 183 Å². The number of hydrogen-bond acceptors (Lipinski definition) is 6. The van der Waals surface area contributed by atoms with Gasteiger partial charge in [0.15, 0.2) is 0 Å². The highest BCUT2D eigenvalue weighted by molar-refractivity contribution is 6.08. The van der Waals surface area contributed by atoms with Crippen molar-refractivity contribution in [3.63, 3.8) is 0 Å². The lowest BCUT2D eigenvalue weighted by molar-refractivity contribution is -0.132. The average molecular weight is 429 g/mol. The Morgan fingerprint density at radius 2 is 2.13 bits per heavy atom. The minimum Gasteiger partial charge on any atom is -0.494 e. The highest BCUT2D eigenvalue weighted by Crippen LogP contribution is 2.32. The van der Waals surface area contributed by atoms with E-state index >= 15 is 0 Å². The third-order valence-corrected chi connectivity index (χ3v) is 6.51. The molecule has 1 aromatic carbocycles. The zero-order valence-corrected chi connectivity index (χ0v) is 18.3. The molecule has 2 atom stereocenters. The number of carbonyl (C=O) groups is 2. The number of aliphatic imine (C=N–C) groups is 1. The molecule has 1 aliphatic carbocycles. The molecule has 0 radical (unpaired) electrons. The summed E-state index contributed by atoms with van der Waals surface area (Å²) in [6, 6.07) is 5.42. The van der Waals surface area contributed by atoms with Crippen molar-refractivity contribution in [2.45, 2.75) is 76.6 Å². The number of nitrogens with one attached hydrogen (secondary N) is 1. The Hall–Kier alpha value is -2.61. The van der Waals surface area contributed by atoms with Crippen molar-refractivity contribution in [1.82, 2.24) is 15.1 Å². The molecular formula is C23H32N4O4. The molecule has 0 bridgehead atoms. The first kappa shape index (κ1) is 21.6. The Balaban J connectivity index is 1.29. The second-order valence-electron chi connectivity index (χ2n) is 8.78. The van der Waals surface area contributed by atoms with Gasteiger partial charge in [-0.2, -0.15) is 0 Å². The molecule has 168 valence electrons. The summed E-state index contributed by atoms with van der Waals surface area (Å²) in [4.78, 5) is 32.8. The van der Waals surface area contributed by atoms with E-state index in [4.69, 9.17) is 4.74 Å². The second-order valence-corrected chi connectivity index (χ2v) is 8.78. The Bertz CT molecular complexity index is 863. The van der Waals surface area contributed by atoms with Gasteiger partial charge in [0.1, 0.15) is 11.8 Å². The third-order valence-electron chi connectivity index (χ3n) is 6.51. The van der Waals surface area contributed by atoms with Crippen LogP contribution in [0.3, 0.4) is 0 Å². The van der Waals surface area contributed by atoms with Crippen molar-refractivity contribution in [2.24, 2.45) is 4.99 Å². The van der Waals surface area contributed by atoms with E-state index in [9.17, 15) is 14.7 Å². The number of carbonyl (C=O) groups excluding carboxylic acids is 2. The zero-order chi connectivity index (χ0) is 22.0. The Kier molecular flexibility index (Phi) is 6.46. The first-order valence-corrected chi connectivity index (χ1v) is 11.3. The van der Waals surface area contributed by atoms with Gasteiger partial charge in [-0.05, 0) is 44.4 Å². The SMILES string of the molecule is CC(O)[C@@H]1C(=O)NC2=Nc3ccc(OCCCC(=O)N(C)C4CCCCC4)cc3CN21. The molecule has 1 aromatic rings. The quantitative estimate of drug-likeness (QED) is 0.650. The van der Waals surface area contributed by atoms with Crippen molar-refractivity contribution in [2.75, 3.05) is 13.7 Å². The summed E-state index contributed by atoms with van der Waals surface area (Å²) in [5.74, 6) is 1.16. The van der Waals surface area contributed by atoms with E-state index in [2.05, 4.69) is 10.3 Å². The van der Waals surface area contributed by atoms with Gasteiger partial charge in [0.05, 0.1) is 18.4 Å². The number of ether oxygens (including phenoxy) is 1. The number of aliphatic hydroxyl groups excluding tert-OH is 1. The summed E-state index contributed by atoms with van der Waals surface area (Å²) in [7, 11) is 1.93. The largest absolute Gasteiger partial charge is 0.494 e. The van der Waals surface area contributed by atoms with Gasteiger partial charge in [-0.15, -0.1) is 0 Å². The molecule has 4 rings (SSSR count). The van der Waals surface area contributed by atoms with Crippen LogP contribution in [0.15, 0.2) is 23.2 Å². The number of nitrogens with zero attached hydrogens (tertiary/aromatic N) is 3. The maximum Gasteiger partial charge on any atom is 0.252 e. The number of aliphatic hydroxyl groups is 1. The molecule has 1 unspecified atom stereocenters. The van der Waals surface area contributed by atoms with E-state index in [-0.39, 0.29) is 11.8 Å².